The fourth-order valence-electron chi connectivity index (χ4n) is 3.99. The highest BCUT2D eigenvalue weighted by Crippen LogP contribution is 2.27. The van der Waals surface area contributed by atoms with Gasteiger partial charge < -0.3 is 4.90 Å². The van der Waals surface area contributed by atoms with Gasteiger partial charge in [0, 0.05) is 38.8 Å². The van der Waals surface area contributed by atoms with Crippen LogP contribution >= 0.6 is 0 Å². The van der Waals surface area contributed by atoms with Crippen LogP contribution in [0.15, 0.2) is 18.2 Å². The molecule has 0 aliphatic carbocycles. The summed E-state index contributed by atoms with van der Waals surface area (Å²) in [4.78, 5) is 7.37. The minimum Gasteiger partial charge on any atom is -0.369 e. The van der Waals surface area contributed by atoms with Crippen molar-refractivity contribution in [1.29, 1.82) is 0 Å². The summed E-state index contributed by atoms with van der Waals surface area (Å²) >= 11 is 0. The summed E-state index contributed by atoms with van der Waals surface area (Å²) in [6.45, 7) is 13.3. The van der Waals surface area contributed by atoms with Crippen LogP contribution in [0.3, 0.4) is 0 Å². The number of piperidine rings is 1. The first-order valence-electron chi connectivity index (χ1n) is 9.56. The number of anilines is 1. The zero-order valence-electron chi connectivity index (χ0n) is 15.5. The lowest BCUT2D eigenvalue weighted by atomic mass is 9.95. The molecule has 0 unspecified atom stereocenters. The van der Waals surface area contributed by atoms with Gasteiger partial charge in [-0.15, -0.1) is 0 Å². The smallest absolute Gasteiger partial charge is 0.146 e. The van der Waals surface area contributed by atoms with Gasteiger partial charge in [0.1, 0.15) is 5.82 Å². The van der Waals surface area contributed by atoms with Crippen LogP contribution in [0, 0.1) is 11.7 Å². The van der Waals surface area contributed by atoms with Crippen molar-refractivity contribution < 1.29 is 4.39 Å². The van der Waals surface area contributed by atoms with Crippen molar-refractivity contribution in [3.63, 3.8) is 0 Å². The predicted octanol–water partition coefficient (Wildman–Crippen LogP) is 3.59. The van der Waals surface area contributed by atoms with E-state index in [2.05, 4.69) is 41.5 Å². The molecule has 24 heavy (non-hydrogen) atoms. The van der Waals surface area contributed by atoms with Gasteiger partial charge in [0.2, 0.25) is 0 Å². The Hall–Kier alpha value is -1.13. The van der Waals surface area contributed by atoms with Crippen LogP contribution < -0.4 is 4.90 Å². The maximum Gasteiger partial charge on any atom is 0.146 e. The van der Waals surface area contributed by atoms with Crippen LogP contribution in [0.25, 0.3) is 0 Å². The monoisotopic (exact) mass is 333 g/mol. The zero-order valence-corrected chi connectivity index (χ0v) is 15.5. The lowest BCUT2D eigenvalue weighted by Gasteiger charge is -2.35. The highest BCUT2D eigenvalue weighted by atomic mass is 19.1. The first-order chi connectivity index (χ1) is 11.6. The van der Waals surface area contributed by atoms with Crippen molar-refractivity contribution in [2.45, 2.75) is 46.1 Å². The summed E-state index contributed by atoms with van der Waals surface area (Å²) in [5.74, 6) is 0.700. The standard InChI is InChI=1S/C20H32FN3/c1-4-17-5-6-20(19(21)13-17)23-9-7-18(8-10-23)14-22-11-12-24(15-22)16(2)3/h5-6,13,16,18H,4,7-12,14-15H2,1-3H3. The summed E-state index contributed by atoms with van der Waals surface area (Å²) < 4.78 is 14.3. The number of rotatable bonds is 5. The van der Waals surface area contributed by atoms with Crippen molar-refractivity contribution in [3.8, 4) is 0 Å². The van der Waals surface area contributed by atoms with E-state index in [9.17, 15) is 4.39 Å². The van der Waals surface area contributed by atoms with E-state index in [-0.39, 0.29) is 5.82 Å². The maximum absolute atomic E-state index is 14.3. The van der Waals surface area contributed by atoms with Crippen molar-refractivity contribution in [2.24, 2.45) is 5.92 Å². The minimum absolute atomic E-state index is 0.0556. The molecule has 1 aromatic rings. The molecule has 0 saturated carbocycles. The van der Waals surface area contributed by atoms with E-state index >= 15 is 0 Å². The van der Waals surface area contributed by atoms with Crippen molar-refractivity contribution in [3.05, 3.63) is 29.6 Å². The quantitative estimate of drug-likeness (QED) is 0.815. The summed E-state index contributed by atoms with van der Waals surface area (Å²) in [5, 5.41) is 0. The van der Waals surface area contributed by atoms with E-state index in [1.807, 2.05) is 6.07 Å². The second kappa shape index (κ2) is 7.83. The molecule has 2 aliphatic heterocycles. The molecule has 0 amide bonds. The molecule has 0 bridgehead atoms. The van der Waals surface area contributed by atoms with Crippen molar-refractivity contribution in [1.82, 2.24) is 9.80 Å². The predicted molar refractivity (Wildman–Crippen MR) is 99.0 cm³/mol. The Kier molecular flexibility index (Phi) is 5.77. The first kappa shape index (κ1) is 17.7. The molecule has 2 heterocycles. The number of halogens is 1. The Morgan fingerprint density at radius 3 is 2.46 bits per heavy atom. The van der Waals surface area contributed by atoms with Crippen LogP contribution in [0.1, 0.15) is 39.2 Å². The second-order valence-corrected chi connectivity index (χ2v) is 7.69. The van der Waals surface area contributed by atoms with Gasteiger partial charge in [-0.25, -0.2) is 4.39 Å². The summed E-state index contributed by atoms with van der Waals surface area (Å²) in [5.41, 5.74) is 1.87. The molecule has 3 nitrogen and oxygen atoms in total. The molecule has 0 N–H and O–H groups in total. The van der Waals surface area contributed by atoms with E-state index in [1.165, 1.54) is 32.5 Å². The first-order valence-corrected chi connectivity index (χ1v) is 9.56. The summed E-state index contributed by atoms with van der Waals surface area (Å²) in [6, 6.07) is 6.38. The van der Waals surface area contributed by atoms with Crippen LogP contribution in [0.5, 0.6) is 0 Å². The lowest BCUT2D eigenvalue weighted by molar-refractivity contribution is 0.184. The normalized spacial score (nSPS) is 21.1. The Balaban J connectivity index is 1.49. The molecule has 2 aliphatic rings. The molecule has 2 saturated heterocycles. The average molecular weight is 333 g/mol. The zero-order chi connectivity index (χ0) is 17.1. The van der Waals surface area contributed by atoms with Gasteiger partial charge in [0.15, 0.2) is 0 Å². The van der Waals surface area contributed by atoms with E-state index in [4.69, 9.17) is 0 Å². The van der Waals surface area contributed by atoms with E-state index in [0.29, 0.717) is 6.04 Å². The van der Waals surface area contributed by atoms with Gasteiger partial charge in [-0.2, -0.15) is 0 Å². The molecular formula is C20H32FN3. The van der Waals surface area contributed by atoms with Gasteiger partial charge in [-0.05, 0) is 56.7 Å². The Labute approximate surface area is 146 Å². The molecule has 0 radical (unpaired) electrons. The molecule has 0 atom stereocenters. The van der Waals surface area contributed by atoms with Gasteiger partial charge in [0.25, 0.3) is 0 Å². The average Bonchev–Trinajstić information content (AvgIpc) is 3.04. The molecule has 134 valence electrons. The minimum atomic E-state index is -0.0556. The van der Waals surface area contributed by atoms with Crippen molar-refractivity contribution >= 4 is 5.69 Å². The third kappa shape index (κ3) is 4.09. The molecule has 4 heteroatoms. The highest BCUT2D eigenvalue weighted by molar-refractivity contribution is 5.49. The largest absolute Gasteiger partial charge is 0.369 e. The van der Waals surface area contributed by atoms with Crippen LogP contribution in [-0.4, -0.2) is 55.2 Å². The molecule has 1 aromatic carbocycles. The summed E-state index contributed by atoms with van der Waals surface area (Å²) in [6.07, 6.45) is 3.24. The van der Waals surface area contributed by atoms with Crippen molar-refractivity contribution in [2.75, 3.05) is 44.3 Å². The SMILES string of the molecule is CCc1ccc(N2CCC(CN3CCN(C(C)C)C3)CC2)c(F)c1. The number of hydrogen-bond donors (Lipinski definition) is 0. The molecular weight excluding hydrogens is 301 g/mol. The fourth-order valence-corrected chi connectivity index (χ4v) is 3.99. The topological polar surface area (TPSA) is 9.72 Å². The van der Waals surface area contributed by atoms with Crippen LogP contribution in [0.4, 0.5) is 10.1 Å². The summed E-state index contributed by atoms with van der Waals surface area (Å²) in [7, 11) is 0. The van der Waals surface area contributed by atoms with E-state index in [1.54, 1.807) is 6.07 Å². The van der Waals surface area contributed by atoms with Gasteiger partial charge in [0.05, 0.1) is 12.4 Å². The number of nitrogens with zero attached hydrogens (tertiary/aromatic N) is 3. The Morgan fingerprint density at radius 2 is 1.88 bits per heavy atom. The fraction of sp³-hybridized carbons (Fsp3) is 0.700. The molecule has 3 rings (SSSR count). The van der Waals surface area contributed by atoms with Gasteiger partial charge in [-0.3, -0.25) is 9.80 Å². The highest BCUT2D eigenvalue weighted by Gasteiger charge is 2.27. The second-order valence-electron chi connectivity index (χ2n) is 7.69. The van der Waals surface area contributed by atoms with Gasteiger partial charge in [-0.1, -0.05) is 13.0 Å². The van der Waals surface area contributed by atoms with Crippen LogP contribution in [-0.2, 0) is 6.42 Å². The Morgan fingerprint density at radius 1 is 1.12 bits per heavy atom. The third-order valence-electron chi connectivity index (χ3n) is 5.71. The number of benzene rings is 1. The lowest BCUT2D eigenvalue weighted by Crippen LogP contribution is -2.39. The van der Waals surface area contributed by atoms with Gasteiger partial charge >= 0.3 is 0 Å². The molecule has 0 aromatic heterocycles. The van der Waals surface area contributed by atoms with E-state index in [0.717, 1.165) is 43.3 Å². The third-order valence-corrected chi connectivity index (χ3v) is 5.71. The Bertz CT molecular complexity index is 538. The molecule has 2 fully saturated rings. The molecule has 0 spiro atoms. The van der Waals surface area contributed by atoms with E-state index < -0.39 is 0 Å². The maximum atomic E-state index is 14.3. The van der Waals surface area contributed by atoms with Crippen LogP contribution in [0.2, 0.25) is 0 Å². The number of hydrogen-bond acceptors (Lipinski definition) is 3. The number of aryl methyl sites for hydroxylation is 1.